The molecule has 0 aliphatic rings. The zero-order valence-corrected chi connectivity index (χ0v) is 19.3. The second-order valence-electron chi connectivity index (χ2n) is 6.53. The molecule has 0 radical (unpaired) electrons. The number of fused-ring (bicyclic) bond motifs is 1. The predicted molar refractivity (Wildman–Crippen MR) is 125 cm³/mol. The van der Waals surface area contributed by atoms with Crippen molar-refractivity contribution >= 4 is 50.7 Å². The Kier molecular flexibility index (Phi) is 7.48. The SMILES string of the molecule is CN=C(NCc1ccc(S(C)(=O)=O)c(C)c1)NCc1cc2ccccc2[nH]1.I. The van der Waals surface area contributed by atoms with E-state index in [9.17, 15) is 8.42 Å². The first-order chi connectivity index (χ1) is 12.9. The number of para-hydroxylation sites is 1. The van der Waals surface area contributed by atoms with Gasteiger partial charge in [-0.2, -0.15) is 0 Å². The van der Waals surface area contributed by atoms with Gasteiger partial charge < -0.3 is 15.6 Å². The molecular formula is C20H25IN4O2S. The van der Waals surface area contributed by atoms with Crippen LogP contribution in [0.1, 0.15) is 16.8 Å². The first-order valence-corrected chi connectivity index (χ1v) is 10.6. The first-order valence-electron chi connectivity index (χ1n) is 8.67. The number of sulfone groups is 1. The van der Waals surface area contributed by atoms with Gasteiger partial charge in [-0.15, -0.1) is 24.0 Å². The lowest BCUT2D eigenvalue weighted by molar-refractivity contribution is 0.601. The molecular weight excluding hydrogens is 487 g/mol. The summed E-state index contributed by atoms with van der Waals surface area (Å²) in [6.45, 7) is 2.99. The average molecular weight is 512 g/mol. The minimum Gasteiger partial charge on any atom is -0.357 e. The van der Waals surface area contributed by atoms with Crippen molar-refractivity contribution < 1.29 is 8.42 Å². The molecule has 3 N–H and O–H groups in total. The van der Waals surface area contributed by atoms with Crippen LogP contribution < -0.4 is 10.6 Å². The van der Waals surface area contributed by atoms with E-state index in [1.807, 2.05) is 31.2 Å². The smallest absolute Gasteiger partial charge is 0.191 e. The van der Waals surface area contributed by atoms with Crippen molar-refractivity contribution in [3.05, 3.63) is 65.4 Å². The Morgan fingerprint density at radius 1 is 1.07 bits per heavy atom. The van der Waals surface area contributed by atoms with Gasteiger partial charge in [-0.05, 0) is 41.6 Å². The standard InChI is InChI=1S/C20H24N4O2S.HI/c1-14-10-15(8-9-19(14)27(3,25)26)12-22-20(21-2)23-13-17-11-16-6-4-5-7-18(16)24-17;/h4-11,24H,12-13H2,1-3H3,(H2,21,22,23);1H. The molecule has 0 saturated heterocycles. The molecule has 0 bridgehead atoms. The Bertz CT molecular complexity index is 1060. The van der Waals surface area contributed by atoms with Crippen molar-refractivity contribution in [1.82, 2.24) is 15.6 Å². The third-order valence-electron chi connectivity index (χ3n) is 4.35. The quantitative estimate of drug-likeness (QED) is 0.278. The molecule has 3 aromatic rings. The number of benzene rings is 2. The second-order valence-corrected chi connectivity index (χ2v) is 8.52. The largest absolute Gasteiger partial charge is 0.357 e. The fourth-order valence-corrected chi connectivity index (χ4v) is 4.01. The van der Waals surface area contributed by atoms with Gasteiger partial charge in [0.05, 0.1) is 11.4 Å². The van der Waals surface area contributed by atoms with E-state index in [4.69, 9.17) is 0 Å². The number of aromatic amines is 1. The van der Waals surface area contributed by atoms with Crippen molar-refractivity contribution in [3.63, 3.8) is 0 Å². The molecule has 0 saturated carbocycles. The summed E-state index contributed by atoms with van der Waals surface area (Å²) in [5, 5.41) is 7.71. The van der Waals surface area contributed by atoms with Gasteiger partial charge >= 0.3 is 0 Å². The van der Waals surface area contributed by atoms with Gasteiger partial charge in [0, 0.05) is 31.1 Å². The van der Waals surface area contributed by atoms with E-state index in [0.717, 1.165) is 22.3 Å². The minimum atomic E-state index is -3.20. The minimum absolute atomic E-state index is 0. The van der Waals surface area contributed by atoms with Crippen LogP contribution in [-0.2, 0) is 22.9 Å². The molecule has 8 heteroatoms. The van der Waals surface area contributed by atoms with Crippen molar-refractivity contribution in [3.8, 4) is 0 Å². The molecule has 0 aliphatic heterocycles. The maximum absolute atomic E-state index is 11.7. The van der Waals surface area contributed by atoms with Crippen LogP contribution in [0.15, 0.2) is 58.4 Å². The summed E-state index contributed by atoms with van der Waals surface area (Å²) in [5.74, 6) is 0.679. The maximum atomic E-state index is 11.7. The fraction of sp³-hybridized carbons (Fsp3) is 0.250. The molecule has 0 fully saturated rings. The van der Waals surface area contributed by atoms with Crippen LogP contribution in [0.5, 0.6) is 0 Å². The highest BCUT2D eigenvalue weighted by Gasteiger charge is 2.11. The summed E-state index contributed by atoms with van der Waals surface area (Å²) in [7, 11) is -1.48. The van der Waals surface area contributed by atoms with Crippen LogP contribution in [-0.4, -0.2) is 32.7 Å². The Labute approximate surface area is 182 Å². The number of rotatable bonds is 5. The Balaban J connectivity index is 0.00000280. The normalized spacial score (nSPS) is 11.9. The van der Waals surface area contributed by atoms with E-state index in [-0.39, 0.29) is 24.0 Å². The molecule has 6 nitrogen and oxygen atoms in total. The molecule has 0 amide bonds. The van der Waals surface area contributed by atoms with Gasteiger partial charge in [-0.25, -0.2) is 8.42 Å². The van der Waals surface area contributed by atoms with Gasteiger partial charge in [0.1, 0.15) is 0 Å². The van der Waals surface area contributed by atoms with E-state index in [1.54, 1.807) is 13.1 Å². The summed E-state index contributed by atoms with van der Waals surface area (Å²) in [5.41, 5.74) is 3.93. The first kappa shape index (κ1) is 22.2. The average Bonchev–Trinajstić information content (AvgIpc) is 3.03. The molecule has 2 aromatic carbocycles. The number of H-pyrrole nitrogens is 1. The summed E-state index contributed by atoms with van der Waals surface area (Å²) in [4.78, 5) is 7.98. The van der Waals surface area contributed by atoms with E-state index < -0.39 is 9.84 Å². The number of aromatic nitrogens is 1. The maximum Gasteiger partial charge on any atom is 0.191 e. The van der Waals surface area contributed by atoms with Gasteiger partial charge in [-0.1, -0.05) is 30.3 Å². The van der Waals surface area contributed by atoms with Gasteiger partial charge in [0.2, 0.25) is 0 Å². The topological polar surface area (TPSA) is 86.3 Å². The van der Waals surface area contributed by atoms with Crippen molar-refractivity contribution in [2.45, 2.75) is 24.9 Å². The highest BCUT2D eigenvalue weighted by atomic mass is 127. The number of nitrogens with one attached hydrogen (secondary N) is 3. The molecule has 28 heavy (non-hydrogen) atoms. The molecule has 1 aromatic heterocycles. The van der Waals surface area contributed by atoms with E-state index in [1.165, 1.54) is 11.6 Å². The predicted octanol–water partition coefficient (Wildman–Crippen LogP) is 3.36. The molecule has 0 unspecified atom stereocenters. The summed E-state index contributed by atoms with van der Waals surface area (Å²) in [6.07, 6.45) is 1.23. The summed E-state index contributed by atoms with van der Waals surface area (Å²) >= 11 is 0. The van der Waals surface area contributed by atoms with Crippen LogP contribution in [0.3, 0.4) is 0 Å². The van der Waals surface area contributed by atoms with Crippen molar-refractivity contribution in [1.29, 1.82) is 0 Å². The number of hydrogen-bond donors (Lipinski definition) is 3. The van der Waals surface area contributed by atoms with Gasteiger partial charge in [-0.3, -0.25) is 4.99 Å². The van der Waals surface area contributed by atoms with Gasteiger partial charge in [0.25, 0.3) is 0 Å². The second kappa shape index (κ2) is 9.42. The highest BCUT2D eigenvalue weighted by molar-refractivity contribution is 14.0. The number of aryl methyl sites for hydroxylation is 1. The van der Waals surface area contributed by atoms with E-state index in [0.29, 0.717) is 23.9 Å². The number of aliphatic imine (C=N–C) groups is 1. The fourth-order valence-electron chi connectivity index (χ4n) is 3.05. The summed E-state index contributed by atoms with van der Waals surface area (Å²) in [6, 6.07) is 15.6. The molecule has 1 heterocycles. The molecule has 150 valence electrons. The Morgan fingerprint density at radius 2 is 1.79 bits per heavy atom. The molecule has 3 rings (SSSR count). The van der Waals surface area contributed by atoms with Crippen LogP contribution in [0.2, 0.25) is 0 Å². The number of hydrogen-bond acceptors (Lipinski definition) is 3. The zero-order chi connectivity index (χ0) is 19.4. The molecule has 0 aliphatic carbocycles. The van der Waals surface area contributed by atoms with Crippen LogP contribution in [0, 0.1) is 6.92 Å². The summed E-state index contributed by atoms with van der Waals surface area (Å²) < 4.78 is 23.4. The number of halogens is 1. The molecule has 0 spiro atoms. The molecule has 0 atom stereocenters. The van der Waals surface area contributed by atoms with Crippen molar-refractivity contribution in [2.24, 2.45) is 4.99 Å². The lowest BCUT2D eigenvalue weighted by Gasteiger charge is -2.12. The number of nitrogens with zero attached hydrogens (tertiary/aromatic N) is 1. The third kappa shape index (κ3) is 5.48. The third-order valence-corrected chi connectivity index (χ3v) is 5.61. The Morgan fingerprint density at radius 3 is 2.43 bits per heavy atom. The zero-order valence-electron chi connectivity index (χ0n) is 16.1. The lowest BCUT2D eigenvalue weighted by Crippen LogP contribution is -2.36. The lowest BCUT2D eigenvalue weighted by atomic mass is 10.1. The van der Waals surface area contributed by atoms with Crippen LogP contribution in [0.25, 0.3) is 10.9 Å². The van der Waals surface area contributed by atoms with Crippen LogP contribution in [0.4, 0.5) is 0 Å². The van der Waals surface area contributed by atoms with Gasteiger partial charge in [0.15, 0.2) is 15.8 Å². The van der Waals surface area contributed by atoms with Crippen LogP contribution >= 0.6 is 24.0 Å². The number of guanidine groups is 1. The monoisotopic (exact) mass is 512 g/mol. The Hall–Kier alpha value is -2.07. The van der Waals surface area contributed by atoms with E-state index >= 15 is 0 Å². The highest BCUT2D eigenvalue weighted by Crippen LogP contribution is 2.17. The van der Waals surface area contributed by atoms with E-state index in [2.05, 4.69) is 38.8 Å². The van der Waals surface area contributed by atoms with Crippen molar-refractivity contribution in [2.75, 3.05) is 13.3 Å².